The predicted molar refractivity (Wildman–Crippen MR) is 140 cm³/mol. The van der Waals surface area contributed by atoms with Crippen LogP contribution in [0, 0.1) is 5.92 Å². The van der Waals surface area contributed by atoms with Crippen molar-refractivity contribution in [2.45, 2.75) is 83.1 Å². The third-order valence-electron chi connectivity index (χ3n) is 8.69. The highest BCUT2D eigenvalue weighted by molar-refractivity contribution is 6.02. The van der Waals surface area contributed by atoms with Crippen LogP contribution in [0.4, 0.5) is 5.69 Å². The summed E-state index contributed by atoms with van der Waals surface area (Å²) in [5, 5.41) is 8.17. The highest BCUT2D eigenvalue weighted by Gasteiger charge is 2.32. The van der Waals surface area contributed by atoms with Crippen LogP contribution in [0.5, 0.6) is 0 Å². The molecular formula is C28H41N5O2. The van der Waals surface area contributed by atoms with E-state index < -0.39 is 0 Å². The first-order valence-electron chi connectivity index (χ1n) is 13.8. The van der Waals surface area contributed by atoms with Crippen LogP contribution in [0.25, 0.3) is 10.9 Å². The first kappa shape index (κ1) is 24.3. The SMILES string of the molecule is C[C@H](CCCC1CCCCC1)N1CCN(c2ccc3c(C4CCC(=O)NC4=O)nn(C)c3c2)CC1. The number of aryl methyl sites for hydroxylation is 1. The van der Waals surface area contributed by atoms with E-state index in [0.717, 1.165) is 48.7 Å². The van der Waals surface area contributed by atoms with E-state index in [1.807, 2.05) is 11.7 Å². The molecule has 1 unspecified atom stereocenters. The number of nitrogens with zero attached hydrogens (tertiary/aromatic N) is 4. The summed E-state index contributed by atoms with van der Waals surface area (Å²) in [4.78, 5) is 29.1. The number of carbonyl (C=O) groups is 2. The van der Waals surface area contributed by atoms with Crippen LogP contribution in [-0.4, -0.2) is 58.7 Å². The van der Waals surface area contributed by atoms with Crippen LogP contribution in [0.2, 0.25) is 0 Å². The van der Waals surface area contributed by atoms with E-state index in [-0.39, 0.29) is 17.7 Å². The molecule has 0 spiro atoms. The Balaban J connectivity index is 1.17. The van der Waals surface area contributed by atoms with E-state index in [9.17, 15) is 9.59 Å². The van der Waals surface area contributed by atoms with Gasteiger partial charge in [-0.1, -0.05) is 44.9 Å². The van der Waals surface area contributed by atoms with E-state index in [2.05, 4.69) is 40.2 Å². The number of anilines is 1. The second-order valence-corrected chi connectivity index (χ2v) is 11.0. The van der Waals surface area contributed by atoms with Gasteiger partial charge in [0.2, 0.25) is 11.8 Å². The molecule has 3 fully saturated rings. The van der Waals surface area contributed by atoms with Crippen molar-refractivity contribution < 1.29 is 9.59 Å². The zero-order valence-electron chi connectivity index (χ0n) is 21.5. The lowest BCUT2D eigenvalue weighted by Gasteiger charge is -2.39. The number of aromatic nitrogens is 2. The van der Waals surface area contributed by atoms with Crippen molar-refractivity contribution in [3.63, 3.8) is 0 Å². The summed E-state index contributed by atoms with van der Waals surface area (Å²) in [6.07, 6.45) is 12.3. The number of fused-ring (bicyclic) bond motifs is 1. The van der Waals surface area contributed by atoms with E-state index in [4.69, 9.17) is 5.10 Å². The van der Waals surface area contributed by atoms with Crippen LogP contribution >= 0.6 is 0 Å². The number of carbonyl (C=O) groups excluding carboxylic acids is 2. The van der Waals surface area contributed by atoms with Gasteiger partial charge in [0, 0.05) is 56.8 Å². The molecule has 2 atom stereocenters. The number of benzene rings is 1. The quantitative estimate of drug-likeness (QED) is 0.598. The Morgan fingerprint density at radius 2 is 1.83 bits per heavy atom. The number of piperazine rings is 1. The largest absolute Gasteiger partial charge is 0.369 e. The van der Waals surface area contributed by atoms with Crippen molar-refractivity contribution in [1.82, 2.24) is 20.0 Å². The van der Waals surface area contributed by atoms with Crippen molar-refractivity contribution in [3.05, 3.63) is 23.9 Å². The molecule has 190 valence electrons. The molecule has 2 aromatic rings. The van der Waals surface area contributed by atoms with Crippen LogP contribution in [-0.2, 0) is 16.6 Å². The van der Waals surface area contributed by atoms with Crippen molar-refractivity contribution in [2.24, 2.45) is 13.0 Å². The average Bonchev–Trinajstić information content (AvgIpc) is 3.20. The van der Waals surface area contributed by atoms with Gasteiger partial charge in [0.05, 0.1) is 17.1 Å². The van der Waals surface area contributed by atoms with Gasteiger partial charge in [-0.25, -0.2) is 0 Å². The zero-order chi connectivity index (χ0) is 24.4. The second-order valence-electron chi connectivity index (χ2n) is 11.0. The number of nitrogens with one attached hydrogen (secondary N) is 1. The standard InChI is InChI=1S/C28H41N5O2/c1-20(7-6-10-21-8-4-3-5-9-21)32-15-17-33(18-16-32)22-11-12-23-25(19-22)31(2)30-27(23)24-13-14-26(34)29-28(24)35/h11-12,19-21,24H,3-10,13-18H2,1-2H3,(H,29,34,35)/t20-,24?/m1/s1. The Labute approximate surface area is 209 Å². The summed E-state index contributed by atoms with van der Waals surface area (Å²) in [5.74, 6) is 0.219. The molecule has 7 nitrogen and oxygen atoms in total. The minimum absolute atomic E-state index is 0.188. The van der Waals surface area contributed by atoms with Crippen molar-refractivity contribution >= 4 is 28.4 Å². The maximum atomic E-state index is 12.4. The lowest BCUT2D eigenvalue weighted by Crippen LogP contribution is -2.49. The highest BCUT2D eigenvalue weighted by atomic mass is 16.2. The summed E-state index contributed by atoms with van der Waals surface area (Å²) in [5.41, 5.74) is 3.05. The molecule has 2 saturated heterocycles. The minimum Gasteiger partial charge on any atom is -0.369 e. The van der Waals surface area contributed by atoms with Gasteiger partial charge in [-0.15, -0.1) is 0 Å². The summed E-state index contributed by atoms with van der Waals surface area (Å²) >= 11 is 0. The molecule has 1 aromatic heterocycles. The normalized spacial score (nSPS) is 23.6. The number of imide groups is 1. The monoisotopic (exact) mass is 479 g/mol. The summed E-state index contributed by atoms with van der Waals surface area (Å²) in [7, 11) is 1.94. The molecule has 35 heavy (non-hydrogen) atoms. The van der Waals surface area contributed by atoms with Gasteiger partial charge >= 0.3 is 0 Å². The molecular weight excluding hydrogens is 438 g/mol. The summed E-state index contributed by atoms with van der Waals surface area (Å²) in [6, 6.07) is 7.15. The van der Waals surface area contributed by atoms with Crippen LogP contribution in [0.3, 0.4) is 0 Å². The molecule has 1 aliphatic carbocycles. The highest BCUT2D eigenvalue weighted by Crippen LogP contribution is 2.33. The average molecular weight is 480 g/mol. The van der Waals surface area contributed by atoms with Gasteiger partial charge in [-0.05, 0) is 43.9 Å². The number of rotatable bonds is 7. The Morgan fingerprint density at radius 3 is 2.57 bits per heavy atom. The molecule has 2 amide bonds. The molecule has 7 heteroatoms. The first-order valence-corrected chi connectivity index (χ1v) is 13.8. The van der Waals surface area contributed by atoms with E-state index in [1.54, 1.807) is 0 Å². The number of hydrogen-bond donors (Lipinski definition) is 1. The van der Waals surface area contributed by atoms with Gasteiger partial charge in [-0.2, -0.15) is 5.10 Å². The van der Waals surface area contributed by atoms with Crippen molar-refractivity contribution in [1.29, 1.82) is 0 Å². The molecule has 3 aliphatic rings. The predicted octanol–water partition coefficient (Wildman–Crippen LogP) is 4.35. The fourth-order valence-electron chi connectivity index (χ4n) is 6.46. The fourth-order valence-corrected chi connectivity index (χ4v) is 6.46. The molecule has 0 radical (unpaired) electrons. The Hall–Kier alpha value is -2.41. The molecule has 0 bridgehead atoms. The molecule has 3 heterocycles. The number of piperidine rings is 1. The molecule has 2 aliphatic heterocycles. The van der Waals surface area contributed by atoms with Crippen molar-refractivity contribution in [3.8, 4) is 0 Å². The smallest absolute Gasteiger partial charge is 0.235 e. The molecule has 1 saturated carbocycles. The maximum Gasteiger partial charge on any atom is 0.235 e. The fraction of sp³-hybridized carbons (Fsp3) is 0.679. The van der Waals surface area contributed by atoms with Crippen LogP contribution in [0.1, 0.15) is 82.7 Å². The van der Waals surface area contributed by atoms with Gasteiger partial charge in [0.25, 0.3) is 0 Å². The summed E-state index contributed by atoms with van der Waals surface area (Å²) in [6.45, 7) is 6.70. The lowest BCUT2D eigenvalue weighted by atomic mass is 9.85. The third-order valence-corrected chi connectivity index (χ3v) is 8.69. The molecule has 1 N–H and O–H groups in total. The lowest BCUT2D eigenvalue weighted by molar-refractivity contribution is -0.134. The van der Waals surface area contributed by atoms with Crippen molar-refractivity contribution in [2.75, 3.05) is 31.1 Å². The Morgan fingerprint density at radius 1 is 1.06 bits per heavy atom. The molecule has 5 rings (SSSR count). The number of amides is 2. The summed E-state index contributed by atoms with van der Waals surface area (Å²) < 4.78 is 1.88. The maximum absolute atomic E-state index is 12.4. The van der Waals surface area contributed by atoms with Gasteiger partial charge in [-0.3, -0.25) is 24.5 Å². The van der Waals surface area contributed by atoms with Gasteiger partial charge < -0.3 is 4.90 Å². The zero-order valence-corrected chi connectivity index (χ0v) is 21.5. The number of hydrogen-bond acceptors (Lipinski definition) is 5. The van der Waals surface area contributed by atoms with Crippen LogP contribution < -0.4 is 10.2 Å². The van der Waals surface area contributed by atoms with Crippen LogP contribution in [0.15, 0.2) is 18.2 Å². The van der Waals surface area contributed by atoms with E-state index in [0.29, 0.717) is 18.9 Å². The minimum atomic E-state index is -0.356. The topological polar surface area (TPSA) is 70.5 Å². The molecule has 1 aromatic carbocycles. The van der Waals surface area contributed by atoms with Gasteiger partial charge in [0.1, 0.15) is 0 Å². The second kappa shape index (κ2) is 10.7. The van der Waals surface area contributed by atoms with E-state index >= 15 is 0 Å². The Bertz CT molecular complexity index is 1050. The van der Waals surface area contributed by atoms with E-state index in [1.165, 1.54) is 57.1 Å². The first-order chi connectivity index (χ1) is 17.0. The van der Waals surface area contributed by atoms with Gasteiger partial charge in [0.15, 0.2) is 0 Å². The Kier molecular flexibility index (Phi) is 7.42. The third kappa shape index (κ3) is 5.40.